The lowest BCUT2D eigenvalue weighted by atomic mass is 9.85. The Morgan fingerprint density at radius 2 is 1.56 bits per heavy atom. The maximum atomic E-state index is 13.2. The minimum absolute atomic E-state index is 0.0144. The third-order valence-electron chi connectivity index (χ3n) is 10.8. The van der Waals surface area contributed by atoms with Gasteiger partial charge < -0.3 is 35.3 Å². The zero-order chi connectivity index (χ0) is 34.4. The molecule has 3 aromatic heterocycles. The van der Waals surface area contributed by atoms with Crippen molar-refractivity contribution in [3.05, 3.63) is 68.8 Å². The molecular weight excluding hydrogens is 606 g/mol. The molecule has 1 saturated heterocycles. The van der Waals surface area contributed by atoms with Crippen LogP contribution in [0.4, 0.5) is 0 Å². The van der Waals surface area contributed by atoms with Gasteiger partial charge >= 0.3 is 0 Å². The first-order valence-corrected chi connectivity index (χ1v) is 17.2. The SMILES string of the molecule is CCc1c(C)c2cc3[nH]c(cc4nc(c(C)c5nc(cc1[nH]2)C(C)=C5)[C@@H](CCC(=O)N[C@H]1CO[C@H](CO)[C@H](O)[C@@H]1O)[C@@H]4C)c(C)c3CC. The van der Waals surface area contributed by atoms with Gasteiger partial charge in [-0.15, -0.1) is 0 Å². The van der Waals surface area contributed by atoms with Crippen LogP contribution in [0.5, 0.6) is 0 Å². The number of allylic oxidation sites excluding steroid dienone is 1. The minimum Gasteiger partial charge on any atom is -0.394 e. The smallest absolute Gasteiger partial charge is 0.220 e. The van der Waals surface area contributed by atoms with Crippen molar-refractivity contribution in [3.63, 3.8) is 0 Å². The fraction of sp³-hybridized carbons (Fsp3) is 0.500. The van der Waals surface area contributed by atoms with Crippen LogP contribution < -0.4 is 5.32 Å². The predicted molar refractivity (Wildman–Crippen MR) is 189 cm³/mol. The lowest BCUT2D eigenvalue weighted by Gasteiger charge is -2.37. The number of ether oxygens (including phenoxy) is 1. The lowest BCUT2D eigenvalue weighted by molar-refractivity contribution is -0.164. The zero-order valence-corrected chi connectivity index (χ0v) is 29.1. The highest BCUT2D eigenvalue weighted by atomic mass is 16.5. The van der Waals surface area contributed by atoms with E-state index in [0.29, 0.717) is 6.42 Å². The van der Waals surface area contributed by atoms with E-state index >= 15 is 0 Å². The number of hydrogen-bond acceptors (Lipinski definition) is 7. The fourth-order valence-electron chi connectivity index (χ4n) is 7.65. The summed E-state index contributed by atoms with van der Waals surface area (Å²) >= 11 is 0. The summed E-state index contributed by atoms with van der Waals surface area (Å²) in [5.41, 5.74) is 15.1. The van der Waals surface area contributed by atoms with Crippen LogP contribution in [-0.2, 0) is 22.4 Å². The first kappa shape index (κ1) is 34.0. The average Bonchev–Trinajstić information content (AvgIpc) is 3.76. The second-order valence-corrected chi connectivity index (χ2v) is 13.7. The molecule has 0 spiro atoms. The Morgan fingerprint density at radius 1 is 0.917 bits per heavy atom. The van der Waals surface area contributed by atoms with Gasteiger partial charge in [-0.05, 0) is 105 Å². The number of hydrogen-bond donors (Lipinski definition) is 6. The van der Waals surface area contributed by atoms with Crippen LogP contribution in [0.15, 0.2) is 18.2 Å². The summed E-state index contributed by atoms with van der Waals surface area (Å²) < 4.78 is 5.46. The zero-order valence-electron chi connectivity index (χ0n) is 29.1. The second-order valence-electron chi connectivity index (χ2n) is 13.7. The lowest BCUT2D eigenvalue weighted by Crippen LogP contribution is -2.59. The topological polar surface area (TPSA) is 156 Å². The third-order valence-corrected chi connectivity index (χ3v) is 10.8. The molecule has 48 heavy (non-hydrogen) atoms. The van der Waals surface area contributed by atoms with Crippen molar-refractivity contribution in [2.24, 2.45) is 0 Å². The van der Waals surface area contributed by atoms with Gasteiger partial charge in [-0.25, -0.2) is 4.98 Å². The van der Waals surface area contributed by atoms with Crippen LogP contribution in [0.2, 0.25) is 0 Å². The summed E-state index contributed by atoms with van der Waals surface area (Å²) in [6.07, 6.45) is 1.29. The average molecular weight is 656 g/mol. The van der Waals surface area contributed by atoms with Gasteiger partial charge in [0.25, 0.3) is 0 Å². The van der Waals surface area contributed by atoms with Gasteiger partial charge in [-0.2, -0.15) is 0 Å². The number of aliphatic hydroxyl groups is 3. The molecule has 10 nitrogen and oxygen atoms in total. The summed E-state index contributed by atoms with van der Waals surface area (Å²) in [5.74, 6) is -0.237. The van der Waals surface area contributed by atoms with Crippen LogP contribution in [0.3, 0.4) is 0 Å². The monoisotopic (exact) mass is 655 g/mol. The van der Waals surface area contributed by atoms with E-state index in [1.54, 1.807) is 0 Å². The van der Waals surface area contributed by atoms with Crippen molar-refractivity contribution in [3.8, 4) is 0 Å². The van der Waals surface area contributed by atoms with Gasteiger partial charge in [0, 0.05) is 51.7 Å². The van der Waals surface area contributed by atoms with Gasteiger partial charge in [-0.3, -0.25) is 9.78 Å². The van der Waals surface area contributed by atoms with Crippen molar-refractivity contribution >= 4 is 39.6 Å². The normalized spacial score (nSPS) is 24.1. The van der Waals surface area contributed by atoms with Crippen LogP contribution >= 0.6 is 0 Å². The van der Waals surface area contributed by atoms with Crippen LogP contribution in [0.25, 0.3) is 33.7 Å². The molecule has 0 unspecified atom stereocenters. The maximum absolute atomic E-state index is 13.2. The molecule has 0 aliphatic carbocycles. The van der Waals surface area contributed by atoms with Crippen LogP contribution in [0.1, 0.15) is 103 Å². The molecule has 3 aromatic rings. The third kappa shape index (κ3) is 6.11. The van der Waals surface area contributed by atoms with Crippen LogP contribution in [0, 0.1) is 20.8 Å². The number of carbonyl (C=O) groups is 1. The molecule has 6 rings (SSSR count). The standard InChI is InChI=1S/C38H49N5O5/c1-8-23-20(5)29-15-32-24(9-2)19(4)28(40-32)14-30-21(6)25(10-11-35(45)42-33-17-48-34(16-44)38(47)37(33)46)36(43-30)22(7)27-12-18(3)26(39-27)13-31(23)41-29/h12-15,21,25,33-34,37-38,40-41,44,46-47H,8-11,16-17H2,1-7H3,(H,42,45)/t21-,25-,33-,34+,37+,38-/m0/s1. The number of carbonyl (C=O) groups excluding carboxylic acids is 1. The Kier molecular flexibility index (Phi) is 9.64. The molecule has 6 atom stereocenters. The van der Waals surface area contributed by atoms with E-state index in [9.17, 15) is 20.1 Å². The molecule has 0 radical (unpaired) electrons. The van der Waals surface area contributed by atoms with Crippen molar-refractivity contribution in [1.29, 1.82) is 0 Å². The second kappa shape index (κ2) is 13.6. The highest BCUT2D eigenvalue weighted by Crippen LogP contribution is 2.42. The summed E-state index contributed by atoms with van der Waals surface area (Å²) in [7, 11) is 0. The molecule has 0 saturated carbocycles. The highest BCUT2D eigenvalue weighted by molar-refractivity contribution is 5.85. The Hall–Kier alpha value is -3.83. The van der Waals surface area contributed by atoms with Gasteiger partial charge in [0.05, 0.1) is 30.6 Å². The first-order valence-electron chi connectivity index (χ1n) is 17.2. The number of aryl methyl sites for hydroxylation is 4. The summed E-state index contributed by atoms with van der Waals surface area (Å²) in [4.78, 5) is 31.0. The molecule has 256 valence electrons. The molecule has 1 fully saturated rings. The summed E-state index contributed by atoms with van der Waals surface area (Å²) in [6.45, 7) is 14.7. The van der Waals surface area contributed by atoms with Crippen LogP contribution in [-0.4, -0.2) is 78.7 Å². The van der Waals surface area contributed by atoms with E-state index in [1.807, 2.05) is 0 Å². The van der Waals surface area contributed by atoms with Gasteiger partial charge in [-0.1, -0.05) is 20.8 Å². The van der Waals surface area contributed by atoms with E-state index in [1.165, 1.54) is 22.3 Å². The molecule has 3 aliphatic rings. The van der Waals surface area contributed by atoms with Gasteiger partial charge in [0.1, 0.15) is 18.3 Å². The van der Waals surface area contributed by atoms with E-state index in [-0.39, 0.29) is 30.8 Å². The number of aromatic amines is 2. The number of nitrogens with one attached hydrogen (secondary N) is 3. The van der Waals surface area contributed by atoms with Crippen molar-refractivity contribution in [1.82, 2.24) is 25.3 Å². The van der Waals surface area contributed by atoms with E-state index in [2.05, 4.69) is 88.0 Å². The predicted octanol–water partition coefficient (Wildman–Crippen LogP) is 5.19. The van der Waals surface area contributed by atoms with E-state index < -0.39 is 31.0 Å². The molecule has 1 amide bonds. The number of amides is 1. The first-order chi connectivity index (χ1) is 22.9. The number of rotatable bonds is 7. The number of nitrogens with zero attached hydrogens (tertiary/aromatic N) is 2. The van der Waals surface area contributed by atoms with Gasteiger partial charge in [0.15, 0.2) is 0 Å². The number of fused-ring (bicyclic) bond motifs is 8. The Morgan fingerprint density at radius 3 is 2.21 bits per heavy atom. The number of H-pyrrole nitrogens is 2. The van der Waals surface area contributed by atoms with E-state index in [0.717, 1.165) is 68.8 Å². The fourth-order valence-corrected chi connectivity index (χ4v) is 7.65. The van der Waals surface area contributed by atoms with Gasteiger partial charge in [0.2, 0.25) is 5.91 Å². The molecule has 6 N–H and O–H groups in total. The highest BCUT2D eigenvalue weighted by Gasteiger charge is 2.39. The molecule has 6 heterocycles. The minimum atomic E-state index is -1.28. The molecular formula is C38H49N5O5. The molecule has 8 bridgehead atoms. The molecule has 10 heteroatoms. The Labute approximate surface area is 281 Å². The summed E-state index contributed by atoms with van der Waals surface area (Å²) in [5, 5.41) is 33.0. The largest absolute Gasteiger partial charge is 0.394 e. The Bertz CT molecular complexity index is 1920. The molecule has 3 aliphatic heterocycles. The van der Waals surface area contributed by atoms with E-state index in [4.69, 9.17) is 14.7 Å². The maximum Gasteiger partial charge on any atom is 0.220 e. The quantitative estimate of drug-likeness (QED) is 0.205. The van der Waals surface area contributed by atoms with Crippen molar-refractivity contribution in [2.45, 2.75) is 110 Å². The number of aromatic nitrogens is 4. The van der Waals surface area contributed by atoms with Crippen molar-refractivity contribution in [2.75, 3.05) is 13.2 Å². The number of aliphatic hydroxyl groups excluding tert-OH is 3. The Balaban J connectivity index is 1.44. The van der Waals surface area contributed by atoms with Crippen molar-refractivity contribution < 1.29 is 24.9 Å². The molecule has 0 aromatic carbocycles. The summed E-state index contributed by atoms with van der Waals surface area (Å²) in [6, 6.07) is 5.79.